The Morgan fingerprint density at radius 2 is 2.03 bits per heavy atom. The fourth-order valence-corrected chi connectivity index (χ4v) is 4.32. The van der Waals surface area contributed by atoms with E-state index in [0.717, 1.165) is 35.2 Å². The van der Waals surface area contributed by atoms with Gasteiger partial charge in [-0.3, -0.25) is 0 Å². The summed E-state index contributed by atoms with van der Waals surface area (Å²) in [4.78, 5) is 15.7. The first-order valence-corrected chi connectivity index (χ1v) is 10.5. The van der Waals surface area contributed by atoms with E-state index < -0.39 is 5.97 Å². The molecule has 156 valence electrons. The molecule has 0 spiro atoms. The quantitative estimate of drug-likeness (QED) is 0.554. The molecule has 1 saturated carbocycles. The fourth-order valence-electron chi connectivity index (χ4n) is 4.32. The molecule has 5 nitrogen and oxygen atoms in total. The standard InChI is InChI=1S/C25H27NO4/c1-29-24-7-3-5-18(24)9-8-17-4-2-6-22(14-17)30-16-21-12-10-19-15-20(25(27)28)11-13-23(19)26-21/h2,4,6,10-15,18,24H,3,5,7-9,16H2,1H3,(H,27,28). The van der Waals surface area contributed by atoms with Crippen LogP contribution in [0.4, 0.5) is 0 Å². The van der Waals surface area contributed by atoms with Gasteiger partial charge in [0.05, 0.1) is 22.9 Å². The highest BCUT2D eigenvalue weighted by atomic mass is 16.5. The number of hydrogen-bond donors (Lipinski definition) is 1. The van der Waals surface area contributed by atoms with Crippen molar-refractivity contribution in [2.75, 3.05) is 7.11 Å². The van der Waals surface area contributed by atoms with Crippen molar-refractivity contribution in [3.8, 4) is 5.75 Å². The van der Waals surface area contributed by atoms with Crippen LogP contribution < -0.4 is 4.74 Å². The zero-order chi connectivity index (χ0) is 20.9. The number of aromatic nitrogens is 1. The first kappa shape index (κ1) is 20.4. The van der Waals surface area contributed by atoms with Crippen LogP contribution in [0.1, 0.15) is 47.3 Å². The third-order valence-corrected chi connectivity index (χ3v) is 5.97. The van der Waals surface area contributed by atoms with Gasteiger partial charge in [-0.25, -0.2) is 9.78 Å². The van der Waals surface area contributed by atoms with Crippen LogP contribution in [0, 0.1) is 5.92 Å². The molecule has 0 amide bonds. The number of carboxylic acids is 1. The van der Waals surface area contributed by atoms with E-state index in [-0.39, 0.29) is 5.56 Å². The molecule has 1 aromatic heterocycles. The summed E-state index contributed by atoms with van der Waals surface area (Å²) < 4.78 is 11.6. The summed E-state index contributed by atoms with van der Waals surface area (Å²) in [7, 11) is 1.82. The summed E-state index contributed by atoms with van der Waals surface area (Å²) in [6, 6.07) is 17.0. The van der Waals surface area contributed by atoms with E-state index in [1.807, 2.05) is 31.4 Å². The largest absolute Gasteiger partial charge is 0.487 e. The summed E-state index contributed by atoms with van der Waals surface area (Å²) in [5.74, 6) is 0.559. The monoisotopic (exact) mass is 405 g/mol. The molecular weight excluding hydrogens is 378 g/mol. The second-order valence-electron chi connectivity index (χ2n) is 7.96. The Labute approximate surface area is 176 Å². The van der Waals surface area contributed by atoms with E-state index in [9.17, 15) is 4.79 Å². The van der Waals surface area contributed by atoms with Crippen LogP contribution in [-0.4, -0.2) is 29.3 Å². The number of pyridine rings is 1. The number of ether oxygens (including phenoxy) is 2. The van der Waals surface area contributed by atoms with Gasteiger partial charge in [0.2, 0.25) is 0 Å². The second kappa shape index (κ2) is 9.26. The van der Waals surface area contributed by atoms with Crippen LogP contribution in [0.15, 0.2) is 54.6 Å². The number of rotatable bonds is 8. The average molecular weight is 405 g/mol. The number of benzene rings is 2. The molecule has 1 aliphatic rings. The van der Waals surface area contributed by atoms with Crippen molar-refractivity contribution in [2.24, 2.45) is 5.92 Å². The third kappa shape index (κ3) is 4.79. The number of methoxy groups -OCH3 is 1. The summed E-state index contributed by atoms with van der Waals surface area (Å²) in [6.07, 6.45) is 6.30. The van der Waals surface area contributed by atoms with Crippen molar-refractivity contribution in [3.05, 3.63) is 71.4 Å². The van der Waals surface area contributed by atoms with E-state index in [1.54, 1.807) is 18.2 Å². The lowest BCUT2D eigenvalue weighted by molar-refractivity contribution is 0.0682. The molecule has 0 bridgehead atoms. The molecular formula is C25H27NO4. The Hall–Kier alpha value is -2.92. The SMILES string of the molecule is COC1CCCC1CCc1cccc(OCc2ccc3cc(C(=O)O)ccc3n2)c1. The highest BCUT2D eigenvalue weighted by Crippen LogP contribution is 2.31. The van der Waals surface area contributed by atoms with Crippen LogP contribution in [0.5, 0.6) is 5.75 Å². The molecule has 4 rings (SSSR count). The molecule has 2 aromatic carbocycles. The van der Waals surface area contributed by atoms with Crippen molar-refractivity contribution >= 4 is 16.9 Å². The predicted octanol–water partition coefficient (Wildman–Crippen LogP) is 5.26. The molecule has 1 fully saturated rings. The molecule has 0 saturated heterocycles. The summed E-state index contributed by atoms with van der Waals surface area (Å²) >= 11 is 0. The van der Waals surface area contributed by atoms with E-state index in [0.29, 0.717) is 18.6 Å². The second-order valence-corrected chi connectivity index (χ2v) is 7.96. The smallest absolute Gasteiger partial charge is 0.335 e. The zero-order valence-corrected chi connectivity index (χ0v) is 17.2. The molecule has 2 atom stereocenters. The number of aryl methyl sites for hydroxylation is 1. The predicted molar refractivity (Wildman–Crippen MR) is 116 cm³/mol. The number of hydrogen-bond acceptors (Lipinski definition) is 4. The lowest BCUT2D eigenvalue weighted by atomic mass is 9.96. The van der Waals surface area contributed by atoms with Gasteiger partial charge in [-0.2, -0.15) is 0 Å². The maximum atomic E-state index is 11.1. The van der Waals surface area contributed by atoms with Crippen LogP contribution >= 0.6 is 0 Å². The van der Waals surface area contributed by atoms with Crippen molar-refractivity contribution in [3.63, 3.8) is 0 Å². The molecule has 0 radical (unpaired) electrons. The summed E-state index contributed by atoms with van der Waals surface area (Å²) in [6.45, 7) is 0.369. The van der Waals surface area contributed by atoms with Gasteiger partial charge in [-0.15, -0.1) is 0 Å². The minimum atomic E-state index is -0.935. The van der Waals surface area contributed by atoms with Gasteiger partial charge in [-0.1, -0.05) is 24.6 Å². The van der Waals surface area contributed by atoms with E-state index in [4.69, 9.17) is 14.6 Å². The molecule has 30 heavy (non-hydrogen) atoms. The molecule has 1 N–H and O–H groups in total. The zero-order valence-electron chi connectivity index (χ0n) is 17.2. The third-order valence-electron chi connectivity index (χ3n) is 5.97. The number of nitrogens with zero attached hydrogens (tertiary/aromatic N) is 1. The van der Waals surface area contributed by atoms with Gasteiger partial charge < -0.3 is 14.6 Å². The Morgan fingerprint density at radius 1 is 1.13 bits per heavy atom. The van der Waals surface area contributed by atoms with Gasteiger partial charge >= 0.3 is 5.97 Å². The number of carboxylic acid groups (broad SMARTS) is 1. The van der Waals surface area contributed by atoms with Crippen LogP contribution in [0.2, 0.25) is 0 Å². The molecule has 1 heterocycles. The van der Waals surface area contributed by atoms with Crippen molar-refractivity contribution in [2.45, 2.75) is 44.8 Å². The maximum Gasteiger partial charge on any atom is 0.335 e. The molecule has 3 aromatic rings. The van der Waals surface area contributed by atoms with Crippen LogP contribution in [0.3, 0.4) is 0 Å². The molecule has 5 heteroatoms. The Kier molecular flexibility index (Phi) is 6.29. The Morgan fingerprint density at radius 3 is 2.87 bits per heavy atom. The highest BCUT2D eigenvalue weighted by Gasteiger charge is 2.26. The fraction of sp³-hybridized carbons (Fsp3) is 0.360. The minimum absolute atomic E-state index is 0.263. The van der Waals surface area contributed by atoms with E-state index >= 15 is 0 Å². The van der Waals surface area contributed by atoms with Gasteiger partial charge in [0.25, 0.3) is 0 Å². The van der Waals surface area contributed by atoms with E-state index in [2.05, 4.69) is 17.1 Å². The van der Waals surface area contributed by atoms with Crippen molar-refractivity contribution < 1.29 is 19.4 Å². The highest BCUT2D eigenvalue weighted by molar-refractivity contribution is 5.93. The minimum Gasteiger partial charge on any atom is -0.487 e. The topological polar surface area (TPSA) is 68.7 Å². The van der Waals surface area contributed by atoms with Gasteiger partial charge in [0.15, 0.2) is 0 Å². The molecule has 1 aliphatic carbocycles. The molecule has 0 aliphatic heterocycles. The van der Waals surface area contributed by atoms with Gasteiger partial charge in [-0.05, 0) is 73.6 Å². The lowest BCUT2D eigenvalue weighted by Gasteiger charge is -2.18. The first-order valence-electron chi connectivity index (χ1n) is 10.5. The number of aromatic carboxylic acids is 1. The summed E-state index contributed by atoms with van der Waals surface area (Å²) in [5.41, 5.74) is 3.12. The van der Waals surface area contributed by atoms with E-state index in [1.165, 1.54) is 24.8 Å². The Balaban J connectivity index is 1.37. The molecule has 2 unspecified atom stereocenters. The first-order chi connectivity index (χ1) is 14.6. The van der Waals surface area contributed by atoms with Gasteiger partial charge in [0.1, 0.15) is 12.4 Å². The normalized spacial score (nSPS) is 18.6. The average Bonchev–Trinajstić information content (AvgIpc) is 3.23. The van der Waals surface area contributed by atoms with Gasteiger partial charge in [0, 0.05) is 12.5 Å². The van der Waals surface area contributed by atoms with Crippen LogP contribution in [0.25, 0.3) is 10.9 Å². The maximum absolute atomic E-state index is 11.1. The summed E-state index contributed by atoms with van der Waals surface area (Å²) in [5, 5.41) is 9.92. The lowest BCUT2D eigenvalue weighted by Crippen LogP contribution is -2.16. The number of carbonyl (C=O) groups is 1. The number of fused-ring (bicyclic) bond motifs is 1. The van der Waals surface area contributed by atoms with Crippen LogP contribution in [-0.2, 0) is 17.8 Å². The van der Waals surface area contributed by atoms with Crippen molar-refractivity contribution in [1.82, 2.24) is 4.98 Å². The van der Waals surface area contributed by atoms with Crippen molar-refractivity contribution in [1.29, 1.82) is 0 Å². The Bertz CT molecular complexity index is 1030.